The van der Waals surface area contributed by atoms with Crippen molar-refractivity contribution in [3.05, 3.63) is 28.4 Å². The molecule has 35 heavy (non-hydrogen) atoms. The third-order valence-electron chi connectivity index (χ3n) is 4.76. The standard InChI is InChI=1S/C21H26N4O7S2.Na/c1-5-6-11(12-9-34-19(22-12)24-20(31)32-21(2,3)4)15(27)23-13-16(28)25-14(18(29)30)10(7-26)8-33-17(13)25;/h6,9,13,17,26H,5,7-8H2,1-4H3,(H,23,27)(H,29,30)(H,22,24,31);/q;+1/p-1/t13-,17+;/m1./s1. The van der Waals surface area contributed by atoms with Crippen molar-refractivity contribution < 1.29 is 63.7 Å². The number of hydrogen-bond donors (Lipinski definition) is 3. The molecule has 184 valence electrons. The number of β-lactam (4-membered cyclic amide) rings is 1. The number of carboxylic acid groups (broad SMARTS) is 1. The van der Waals surface area contributed by atoms with Gasteiger partial charge in [-0.15, -0.1) is 23.1 Å². The fourth-order valence-electron chi connectivity index (χ4n) is 3.38. The summed E-state index contributed by atoms with van der Waals surface area (Å²) in [6, 6.07) is -0.939. The first-order valence-corrected chi connectivity index (χ1v) is 12.4. The Morgan fingerprint density at radius 1 is 1.37 bits per heavy atom. The Morgan fingerprint density at radius 3 is 2.63 bits per heavy atom. The SMILES string of the molecule is CCC=C(C(=O)N[C@@H]1C(=O)N2C(C(=O)[O-])=C(CO)CS[C@@H]12)c1csc(NC(=O)OC(C)(C)C)n1.[Na+]. The summed E-state index contributed by atoms with van der Waals surface area (Å²) in [5.41, 5.74) is -0.300. The molecule has 11 nitrogen and oxygen atoms in total. The number of aromatic nitrogens is 1. The van der Waals surface area contributed by atoms with Crippen molar-refractivity contribution in [3.8, 4) is 0 Å². The second-order valence-corrected chi connectivity index (χ2v) is 10.4. The van der Waals surface area contributed by atoms with Gasteiger partial charge in [-0.1, -0.05) is 13.0 Å². The van der Waals surface area contributed by atoms with Gasteiger partial charge in [0.1, 0.15) is 17.0 Å². The van der Waals surface area contributed by atoms with Gasteiger partial charge in [0.05, 0.1) is 29.5 Å². The van der Waals surface area contributed by atoms with E-state index in [1.807, 2.05) is 6.92 Å². The van der Waals surface area contributed by atoms with Gasteiger partial charge in [0, 0.05) is 11.1 Å². The Bertz CT molecular complexity index is 1080. The zero-order valence-electron chi connectivity index (χ0n) is 20.0. The summed E-state index contributed by atoms with van der Waals surface area (Å²) in [6.07, 6.45) is 1.48. The average molecular weight is 533 g/mol. The van der Waals surface area contributed by atoms with E-state index in [9.17, 15) is 29.4 Å². The van der Waals surface area contributed by atoms with Crippen LogP contribution in [0.3, 0.4) is 0 Å². The van der Waals surface area contributed by atoms with Crippen molar-refractivity contribution in [1.29, 1.82) is 0 Å². The molecule has 0 radical (unpaired) electrons. The fourth-order valence-corrected chi connectivity index (χ4v) is 5.41. The van der Waals surface area contributed by atoms with Crippen LogP contribution in [0.1, 0.15) is 39.8 Å². The van der Waals surface area contributed by atoms with Crippen LogP contribution in [0.25, 0.3) is 5.57 Å². The normalized spacial score (nSPS) is 19.9. The molecular formula is C21H25N4NaO7S2. The predicted octanol–water partition coefficient (Wildman–Crippen LogP) is -2.32. The molecule has 14 heteroatoms. The number of anilines is 1. The third-order valence-corrected chi connectivity index (χ3v) is 6.86. The first kappa shape index (κ1) is 29.3. The van der Waals surface area contributed by atoms with E-state index in [1.54, 1.807) is 32.2 Å². The van der Waals surface area contributed by atoms with Gasteiger partial charge in [0.15, 0.2) is 5.13 Å². The topological polar surface area (TPSA) is 161 Å². The van der Waals surface area contributed by atoms with Crippen molar-refractivity contribution in [3.63, 3.8) is 0 Å². The quantitative estimate of drug-likeness (QED) is 0.199. The number of aliphatic carboxylic acids is 1. The van der Waals surface area contributed by atoms with Crippen LogP contribution in [0.15, 0.2) is 22.7 Å². The first-order chi connectivity index (χ1) is 16.0. The number of amides is 3. The maximum Gasteiger partial charge on any atom is 1.00 e. The molecule has 2 aliphatic heterocycles. The van der Waals surface area contributed by atoms with Crippen LogP contribution in [0.2, 0.25) is 0 Å². The smallest absolute Gasteiger partial charge is 0.543 e. The number of carbonyl (C=O) groups is 4. The second-order valence-electron chi connectivity index (χ2n) is 8.45. The zero-order chi connectivity index (χ0) is 25.2. The van der Waals surface area contributed by atoms with Crippen molar-refractivity contribution >= 4 is 57.7 Å². The Labute approximate surface area is 232 Å². The number of hydrogen-bond acceptors (Lipinski definition) is 10. The number of aliphatic hydroxyl groups is 1. The third kappa shape index (κ3) is 6.66. The number of carbonyl (C=O) groups excluding carboxylic acids is 4. The van der Waals surface area contributed by atoms with Crippen molar-refractivity contribution in [1.82, 2.24) is 15.2 Å². The molecule has 3 heterocycles. The summed E-state index contributed by atoms with van der Waals surface area (Å²) < 4.78 is 5.20. The van der Waals surface area contributed by atoms with Crippen molar-refractivity contribution in [2.24, 2.45) is 0 Å². The maximum absolute atomic E-state index is 13.0. The van der Waals surface area contributed by atoms with E-state index in [0.29, 0.717) is 12.1 Å². The van der Waals surface area contributed by atoms with Crippen LogP contribution in [0, 0.1) is 0 Å². The largest absolute Gasteiger partial charge is 1.00 e. The Kier molecular flexibility index (Phi) is 9.96. The summed E-state index contributed by atoms with van der Waals surface area (Å²) in [5, 5.41) is 27.3. The number of rotatable bonds is 7. The second kappa shape index (κ2) is 11.9. The van der Waals surface area contributed by atoms with Crippen LogP contribution in [0.4, 0.5) is 9.93 Å². The number of thioether (sulfide) groups is 1. The molecule has 1 aromatic rings. The average Bonchev–Trinajstić information content (AvgIpc) is 3.20. The Hall–Kier alpha value is -1.90. The molecule has 2 aliphatic rings. The number of aliphatic hydroxyl groups excluding tert-OH is 1. The van der Waals surface area contributed by atoms with Crippen LogP contribution in [-0.2, 0) is 19.1 Å². The molecule has 0 saturated carbocycles. The van der Waals surface area contributed by atoms with Crippen LogP contribution >= 0.6 is 23.1 Å². The summed E-state index contributed by atoms with van der Waals surface area (Å²) in [5.74, 6) is -2.51. The van der Waals surface area contributed by atoms with Gasteiger partial charge in [0.25, 0.3) is 11.8 Å². The molecule has 0 bridgehead atoms. The van der Waals surface area contributed by atoms with Crippen LogP contribution < -0.4 is 45.3 Å². The molecule has 1 aromatic heterocycles. The summed E-state index contributed by atoms with van der Waals surface area (Å²) in [4.78, 5) is 54.5. The number of nitrogens with zero attached hydrogens (tertiary/aromatic N) is 2. The number of allylic oxidation sites excluding steroid dienone is 1. The van der Waals surface area contributed by atoms with E-state index >= 15 is 0 Å². The molecule has 0 aromatic carbocycles. The Balaban J connectivity index is 0.00000432. The number of carboxylic acids is 1. The first-order valence-electron chi connectivity index (χ1n) is 10.4. The number of ether oxygens (including phenoxy) is 1. The maximum atomic E-state index is 13.0. The van der Waals surface area contributed by atoms with Gasteiger partial charge in [-0.3, -0.25) is 19.8 Å². The van der Waals surface area contributed by atoms with Gasteiger partial charge >= 0.3 is 35.7 Å². The minimum absolute atomic E-state index is 0. The fraction of sp³-hybridized carbons (Fsp3) is 0.476. The molecule has 0 unspecified atom stereocenters. The molecule has 0 aliphatic carbocycles. The van der Waals surface area contributed by atoms with Crippen LogP contribution in [0.5, 0.6) is 0 Å². The van der Waals surface area contributed by atoms with Gasteiger partial charge in [-0.05, 0) is 32.8 Å². The Morgan fingerprint density at radius 2 is 2.06 bits per heavy atom. The minimum Gasteiger partial charge on any atom is -0.543 e. The van der Waals surface area contributed by atoms with E-state index in [4.69, 9.17) is 4.74 Å². The molecule has 3 amide bonds. The molecule has 2 atom stereocenters. The molecule has 1 saturated heterocycles. The van der Waals surface area contributed by atoms with E-state index in [-0.39, 0.29) is 57.3 Å². The molecule has 1 fully saturated rings. The van der Waals surface area contributed by atoms with Gasteiger partial charge < -0.3 is 25.1 Å². The number of thiazole rings is 1. The predicted molar refractivity (Wildman–Crippen MR) is 124 cm³/mol. The molecule has 0 spiro atoms. The molecular weight excluding hydrogens is 507 g/mol. The minimum atomic E-state index is -1.55. The van der Waals surface area contributed by atoms with Crippen LogP contribution in [-0.4, -0.2) is 68.2 Å². The molecule has 3 N–H and O–H groups in total. The van der Waals surface area contributed by atoms with Crippen molar-refractivity contribution in [2.45, 2.75) is 51.1 Å². The zero-order valence-corrected chi connectivity index (χ0v) is 23.7. The summed E-state index contributed by atoms with van der Waals surface area (Å²) >= 11 is 2.36. The van der Waals surface area contributed by atoms with Gasteiger partial charge in [-0.25, -0.2) is 9.78 Å². The van der Waals surface area contributed by atoms with Gasteiger partial charge in [-0.2, -0.15) is 0 Å². The van der Waals surface area contributed by atoms with E-state index in [1.165, 1.54) is 11.8 Å². The van der Waals surface area contributed by atoms with E-state index < -0.39 is 47.5 Å². The summed E-state index contributed by atoms with van der Waals surface area (Å²) in [6.45, 7) is 6.53. The van der Waals surface area contributed by atoms with E-state index in [0.717, 1.165) is 16.2 Å². The van der Waals surface area contributed by atoms with Gasteiger partial charge in [0.2, 0.25) is 0 Å². The van der Waals surface area contributed by atoms with Crippen molar-refractivity contribution in [2.75, 3.05) is 17.7 Å². The number of nitrogens with one attached hydrogen (secondary N) is 2. The molecule has 3 rings (SSSR count). The summed E-state index contributed by atoms with van der Waals surface area (Å²) in [7, 11) is 0. The number of fused-ring (bicyclic) bond motifs is 1. The monoisotopic (exact) mass is 532 g/mol. The van der Waals surface area contributed by atoms with E-state index in [2.05, 4.69) is 15.6 Å².